The van der Waals surface area contributed by atoms with Gasteiger partial charge >= 0.3 is 17.9 Å². The Morgan fingerprint density at radius 2 is 1.39 bits per heavy atom. The number of amides is 1. The van der Waals surface area contributed by atoms with E-state index in [0.717, 1.165) is 38.5 Å². The van der Waals surface area contributed by atoms with Crippen LogP contribution in [0.5, 0.6) is 0 Å². The van der Waals surface area contributed by atoms with Gasteiger partial charge in [0.1, 0.15) is 18.8 Å². The van der Waals surface area contributed by atoms with E-state index in [1.165, 1.54) is 27.7 Å². The van der Waals surface area contributed by atoms with Crippen molar-refractivity contribution in [2.45, 2.75) is 96.9 Å². The number of carbonyl (C=O) groups is 4. The molecule has 33 heavy (non-hydrogen) atoms. The predicted octanol–water partition coefficient (Wildman–Crippen LogP) is 0.958. The summed E-state index contributed by atoms with van der Waals surface area (Å²) < 4.78 is 27.7. The number of carbonyl (C=O) groups excluding carboxylic acids is 4. The second-order valence-electron chi connectivity index (χ2n) is 8.00. The molecule has 0 spiro atoms. The summed E-state index contributed by atoms with van der Waals surface area (Å²) in [6.45, 7) is 5.70. The van der Waals surface area contributed by atoms with Crippen molar-refractivity contribution in [3.63, 3.8) is 0 Å². The summed E-state index contributed by atoms with van der Waals surface area (Å²) >= 11 is 0. The first-order chi connectivity index (χ1) is 15.6. The lowest BCUT2D eigenvalue weighted by atomic mass is 9.96. The Kier molecular flexibility index (Phi) is 13.6. The van der Waals surface area contributed by atoms with Gasteiger partial charge in [0.2, 0.25) is 5.91 Å². The van der Waals surface area contributed by atoms with Gasteiger partial charge < -0.3 is 34.7 Å². The van der Waals surface area contributed by atoms with Crippen molar-refractivity contribution >= 4 is 23.8 Å². The van der Waals surface area contributed by atoms with Crippen LogP contribution in [0.15, 0.2) is 0 Å². The Morgan fingerprint density at radius 1 is 0.818 bits per heavy atom. The van der Waals surface area contributed by atoms with Crippen LogP contribution in [0, 0.1) is 0 Å². The summed E-state index contributed by atoms with van der Waals surface area (Å²) in [7, 11) is 0. The number of ether oxygens (including phenoxy) is 5. The smallest absolute Gasteiger partial charge is 0.303 e. The Morgan fingerprint density at radius 3 is 1.94 bits per heavy atom. The fourth-order valence-electron chi connectivity index (χ4n) is 3.59. The molecule has 1 amide bonds. The number of rotatable bonds is 14. The van der Waals surface area contributed by atoms with E-state index >= 15 is 0 Å². The van der Waals surface area contributed by atoms with Crippen molar-refractivity contribution < 1.29 is 42.9 Å². The van der Waals surface area contributed by atoms with E-state index in [2.05, 4.69) is 5.32 Å². The molecule has 5 atom stereocenters. The topological polar surface area (TPSA) is 152 Å². The monoisotopic (exact) mass is 474 g/mol. The molecule has 1 aliphatic heterocycles. The molecule has 1 rings (SSSR count). The molecule has 5 unspecified atom stereocenters. The van der Waals surface area contributed by atoms with Crippen molar-refractivity contribution in [3.05, 3.63) is 0 Å². The number of nitrogens with one attached hydrogen (secondary N) is 1. The highest BCUT2D eigenvalue weighted by Gasteiger charge is 2.51. The third kappa shape index (κ3) is 11.4. The van der Waals surface area contributed by atoms with Crippen molar-refractivity contribution in [1.29, 1.82) is 0 Å². The van der Waals surface area contributed by atoms with E-state index in [0.29, 0.717) is 13.2 Å². The summed E-state index contributed by atoms with van der Waals surface area (Å²) in [5, 5.41) is 2.67. The Hall–Kier alpha value is -2.24. The lowest BCUT2D eigenvalue weighted by Crippen LogP contribution is -2.66. The number of hydrogen-bond acceptors (Lipinski definition) is 10. The quantitative estimate of drug-likeness (QED) is 0.211. The van der Waals surface area contributed by atoms with Crippen LogP contribution in [0.4, 0.5) is 0 Å². The van der Waals surface area contributed by atoms with Gasteiger partial charge in [-0.05, 0) is 19.4 Å². The highest BCUT2D eigenvalue weighted by Crippen LogP contribution is 2.28. The average molecular weight is 475 g/mol. The number of esters is 3. The van der Waals surface area contributed by atoms with Gasteiger partial charge in [0, 0.05) is 34.3 Å². The first-order valence-corrected chi connectivity index (χ1v) is 11.4. The minimum Gasteiger partial charge on any atom is -0.463 e. The molecule has 0 aromatic rings. The molecule has 0 radical (unpaired) electrons. The first kappa shape index (κ1) is 28.8. The van der Waals surface area contributed by atoms with E-state index in [1.54, 1.807) is 0 Å². The van der Waals surface area contributed by atoms with Crippen LogP contribution < -0.4 is 11.1 Å². The van der Waals surface area contributed by atoms with Crippen LogP contribution in [0.3, 0.4) is 0 Å². The minimum absolute atomic E-state index is 0.251. The summed E-state index contributed by atoms with van der Waals surface area (Å²) in [6.07, 6.45) is 1.74. The van der Waals surface area contributed by atoms with Crippen LogP contribution in [0.2, 0.25) is 0 Å². The molecule has 0 aromatic carbocycles. The molecule has 3 N–H and O–H groups in total. The Balaban J connectivity index is 2.95. The molecule has 0 saturated carbocycles. The van der Waals surface area contributed by atoms with E-state index < -0.39 is 54.5 Å². The third-order valence-electron chi connectivity index (χ3n) is 4.95. The van der Waals surface area contributed by atoms with Crippen molar-refractivity contribution in [2.75, 3.05) is 19.8 Å². The van der Waals surface area contributed by atoms with Crippen LogP contribution >= 0.6 is 0 Å². The summed E-state index contributed by atoms with van der Waals surface area (Å²) in [4.78, 5) is 46.7. The van der Waals surface area contributed by atoms with Crippen molar-refractivity contribution in [1.82, 2.24) is 5.32 Å². The standard InChI is InChI=1S/C22H38N2O9/c1-14(25)24-19-21(32-17(4)28)20(31-16(3)27)18(13-30-15(2)26)33-22(19)29-12-10-8-6-5-7-9-11-23/h18-22H,5-13,23H2,1-4H3,(H,24,25). The van der Waals surface area contributed by atoms with Gasteiger partial charge in [-0.1, -0.05) is 25.7 Å². The van der Waals surface area contributed by atoms with Gasteiger partial charge in [-0.15, -0.1) is 0 Å². The zero-order chi connectivity index (χ0) is 24.8. The highest BCUT2D eigenvalue weighted by atomic mass is 16.7. The van der Waals surface area contributed by atoms with Crippen LogP contribution in [0.25, 0.3) is 0 Å². The molecule has 0 aliphatic carbocycles. The molecule has 1 saturated heterocycles. The fourth-order valence-corrected chi connectivity index (χ4v) is 3.59. The van der Waals surface area contributed by atoms with Gasteiger partial charge in [-0.2, -0.15) is 0 Å². The molecular formula is C22H38N2O9. The summed E-state index contributed by atoms with van der Waals surface area (Å²) in [5.41, 5.74) is 5.50. The maximum atomic E-state index is 11.9. The minimum atomic E-state index is -1.12. The number of hydrogen-bond donors (Lipinski definition) is 2. The molecule has 190 valence electrons. The molecule has 1 aliphatic rings. The molecule has 0 aromatic heterocycles. The largest absolute Gasteiger partial charge is 0.463 e. The van der Waals surface area contributed by atoms with E-state index in [9.17, 15) is 19.2 Å². The predicted molar refractivity (Wildman–Crippen MR) is 117 cm³/mol. The second-order valence-corrected chi connectivity index (χ2v) is 8.00. The third-order valence-corrected chi connectivity index (χ3v) is 4.95. The molecular weight excluding hydrogens is 436 g/mol. The van der Waals surface area contributed by atoms with E-state index in [1.807, 2.05) is 0 Å². The van der Waals surface area contributed by atoms with E-state index in [-0.39, 0.29) is 6.61 Å². The van der Waals surface area contributed by atoms with Crippen LogP contribution in [-0.4, -0.2) is 74.2 Å². The fraction of sp³-hybridized carbons (Fsp3) is 0.818. The summed E-state index contributed by atoms with van der Waals surface area (Å²) in [5.74, 6) is -2.25. The molecule has 11 heteroatoms. The van der Waals surface area contributed by atoms with Gasteiger partial charge in [0.05, 0.1) is 0 Å². The normalized spacial score (nSPS) is 24.6. The van der Waals surface area contributed by atoms with Crippen LogP contribution in [-0.2, 0) is 42.9 Å². The zero-order valence-electron chi connectivity index (χ0n) is 20.0. The number of unbranched alkanes of at least 4 members (excludes halogenated alkanes) is 5. The molecule has 1 heterocycles. The van der Waals surface area contributed by atoms with Gasteiger partial charge in [-0.3, -0.25) is 19.2 Å². The molecule has 11 nitrogen and oxygen atoms in total. The Labute approximate surface area is 195 Å². The van der Waals surface area contributed by atoms with Gasteiger partial charge in [-0.25, -0.2) is 0 Å². The van der Waals surface area contributed by atoms with Crippen LogP contribution in [0.1, 0.15) is 66.2 Å². The summed E-state index contributed by atoms with van der Waals surface area (Å²) in [6, 6.07) is -0.936. The van der Waals surface area contributed by atoms with Gasteiger partial charge in [0.25, 0.3) is 0 Å². The van der Waals surface area contributed by atoms with Crippen molar-refractivity contribution in [2.24, 2.45) is 5.73 Å². The maximum absolute atomic E-state index is 11.9. The highest BCUT2D eigenvalue weighted by molar-refractivity contribution is 5.73. The van der Waals surface area contributed by atoms with Gasteiger partial charge in [0.15, 0.2) is 18.5 Å². The number of nitrogens with two attached hydrogens (primary N) is 1. The second kappa shape index (κ2) is 15.6. The lowest BCUT2D eigenvalue weighted by Gasteiger charge is -2.44. The maximum Gasteiger partial charge on any atom is 0.303 e. The first-order valence-electron chi connectivity index (χ1n) is 11.4. The van der Waals surface area contributed by atoms with E-state index in [4.69, 9.17) is 29.4 Å². The molecule has 0 bridgehead atoms. The zero-order valence-corrected chi connectivity index (χ0v) is 20.0. The lowest BCUT2D eigenvalue weighted by molar-refractivity contribution is -0.277. The molecule has 1 fully saturated rings. The average Bonchev–Trinajstić information content (AvgIpc) is 2.71. The SMILES string of the molecule is CC(=O)NC1C(OCCCCCCCCN)OC(COC(C)=O)C(OC(C)=O)C1OC(C)=O. The Bertz CT molecular complexity index is 643. The van der Waals surface area contributed by atoms with Crippen molar-refractivity contribution in [3.8, 4) is 0 Å².